The van der Waals surface area contributed by atoms with E-state index in [-0.39, 0.29) is 0 Å². The van der Waals surface area contributed by atoms with E-state index in [1.807, 2.05) is 30.3 Å². The van der Waals surface area contributed by atoms with Crippen LogP contribution in [-0.4, -0.2) is 35.2 Å². The van der Waals surface area contributed by atoms with Crippen molar-refractivity contribution in [1.82, 2.24) is 4.90 Å². The quantitative estimate of drug-likeness (QED) is 0.817. The maximum absolute atomic E-state index is 9.11. The van der Waals surface area contributed by atoms with Crippen molar-refractivity contribution in [1.29, 1.82) is 0 Å². The molecule has 0 aromatic heterocycles. The van der Waals surface area contributed by atoms with Crippen LogP contribution >= 0.6 is 0 Å². The first-order valence-corrected chi connectivity index (χ1v) is 7.10. The zero-order chi connectivity index (χ0) is 14.7. The summed E-state index contributed by atoms with van der Waals surface area (Å²) in [6, 6.07) is 15.5. The predicted octanol–water partition coefficient (Wildman–Crippen LogP) is 0.761. The number of ether oxygens (including phenoxy) is 1. The molecule has 2 aromatic carbocycles. The molecular weight excluding hydrogens is 265 g/mol. The van der Waals surface area contributed by atoms with E-state index in [2.05, 4.69) is 11.0 Å². The minimum absolute atomic E-state index is 0.517. The molecule has 0 aliphatic carbocycles. The third-order valence-corrected chi connectivity index (χ3v) is 3.72. The summed E-state index contributed by atoms with van der Waals surface area (Å²) in [5.74, 6) is 0.971. The third-order valence-electron chi connectivity index (χ3n) is 3.72. The second-order valence-electron chi connectivity index (χ2n) is 5.28. The van der Waals surface area contributed by atoms with Crippen LogP contribution in [0.4, 0.5) is 0 Å². The second kappa shape index (κ2) is 6.31. The van der Waals surface area contributed by atoms with E-state index < -0.39 is 7.12 Å². The molecule has 4 nitrogen and oxygen atoms in total. The number of benzene rings is 2. The Labute approximate surface area is 124 Å². The van der Waals surface area contributed by atoms with E-state index in [4.69, 9.17) is 14.8 Å². The largest absolute Gasteiger partial charge is 0.492 e. The molecule has 2 N–H and O–H groups in total. The van der Waals surface area contributed by atoms with Crippen LogP contribution in [0.25, 0.3) is 0 Å². The Balaban J connectivity index is 1.70. The van der Waals surface area contributed by atoms with Gasteiger partial charge in [0, 0.05) is 25.2 Å². The fourth-order valence-electron chi connectivity index (χ4n) is 2.57. The Kier molecular flexibility index (Phi) is 4.24. The molecule has 3 rings (SSSR count). The Hall–Kier alpha value is -1.82. The van der Waals surface area contributed by atoms with Crippen LogP contribution in [0.2, 0.25) is 0 Å². The fraction of sp³-hybridized carbons (Fsp3) is 0.250. The highest BCUT2D eigenvalue weighted by Gasteiger charge is 2.15. The smallest absolute Gasteiger partial charge is 0.488 e. The van der Waals surface area contributed by atoms with Gasteiger partial charge in [-0.1, -0.05) is 42.5 Å². The van der Waals surface area contributed by atoms with Crippen LogP contribution in [0.1, 0.15) is 11.1 Å². The Morgan fingerprint density at radius 2 is 1.81 bits per heavy atom. The number of fused-ring (bicyclic) bond motifs is 1. The summed E-state index contributed by atoms with van der Waals surface area (Å²) in [7, 11) is -1.41. The maximum atomic E-state index is 9.11. The summed E-state index contributed by atoms with van der Waals surface area (Å²) in [6.45, 7) is 3.24. The minimum atomic E-state index is -1.41. The van der Waals surface area contributed by atoms with Gasteiger partial charge in [0.1, 0.15) is 12.4 Å². The molecule has 5 heteroatoms. The van der Waals surface area contributed by atoms with Crippen molar-refractivity contribution in [3.05, 3.63) is 59.7 Å². The average Bonchev–Trinajstić information content (AvgIpc) is 2.69. The molecule has 1 aliphatic rings. The van der Waals surface area contributed by atoms with Crippen LogP contribution in [0.15, 0.2) is 48.5 Å². The van der Waals surface area contributed by atoms with Crippen molar-refractivity contribution >= 4 is 12.6 Å². The lowest BCUT2D eigenvalue weighted by Crippen LogP contribution is -2.30. The molecule has 21 heavy (non-hydrogen) atoms. The second-order valence-corrected chi connectivity index (χ2v) is 5.28. The normalized spacial score (nSPS) is 15.0. The topological polar surface area (TPSA) is 52.9 Å². The average molecular weight is 283 g/mol. The zero-order valence-electron chi connectivity index (χ0n) is 11.8. The predicted molar refractivity (Wildman–Crippen MR) is 82.3 cm³/mol. The fourth-order valence-corrected chi connectivity index (χ4v) is 2.57. The first-order chi connectivity index (χ1) is 10.2. The molecule has 0 unspecified atom stereocenters. The molecule has 2 aromatic rings. The van der Waals surface area contributed by atoms with E-state index in [1.165, 1.54) is 5.56 Å². The van der Waals surface area contributed by atoms with Crippen molar-refractivity contribution < 1.29 is 14.8 Å². The lowest BCUT2D eigenvalue weighted by atomic mass is 9.80. The highest BCUT2D eigenvalue weighted by molar-refractivity contribution is 6.58. The molecule has 1 heterocycles. The van der Waals surface area contributed by atoms with Gasteiger partial charge in [0.2, 0.25) is 0 Å². The standard InChI is InChI=1S/C16H18BNO3/c19-17(20)15-7-5-13(6-8-15)11-18-9-10-21-16-4-2-1-3-14(16)12-18/h1-8,19-20H,9-12H2. The summed E-state index contributed by atoms with van der Waals surface area (Å²) >= 11 is 0. The highest BCUT2D eigenvalue weighted by Crippen LogP contribution is 2.23. The van der Waals surface area contributed by atoms with Gasteiger partial charge in [-0.2, -0.15) is 0 Å². The van der Waals surface area contributed by atoms with Gasteiger partial charge in [-0.3, -0.25) is 4.90 Å². The SMILES string of the molecule is OB(O)c1ccc(CN2CCOc3ccccc3C2)cc1. The number of hydrogen-bond donors (Lipinski definition) is 2. The van der Waals surface area contributed by atoms with Crippen molar-refractivity contribution in [3.63, 3.8) is 0 Å². The molecule has 0 spiro atoms. The van der Waals surface area contributed by atoms with E-state index in [9.17, 15) is 0 Å². The highest BCUT2D eigenvalue weighted by atomic mass is 16.5. The first-order valence-electron chi connectivity index (χ1n) is 7.10. The number of nitrogens with zero attached hydrogens (tertiary/aromatic N) is 1. The van der Waals surface area contributed by atoms with Gasteiger partial charge in [-0.25, -0.2) is 0 Å². The lowest BCUT2D eigenvalue weighted by molar-refractivity contribution is 0.219. The van der Waals surface area contributed by atoms with Gasteiger partial charge in [0.25, 0.3) is 0 Å². The Morgan fingerprint density at radius 1 is 1.05 bits per heavy atom. The number of rotatable bonds is 3. The van der Waals surface area contributed by atoms with Crippen LogP contribution in [0, 0.1) is 0 Å². The molecule has 108 valence electrons. The van der Waals surface area contributed by atoms with Gasteiger partial charge >= 0.3 is 7.12 Å². The Bertz CT molecular complexity index is 601. The van der Waals surface area contributed by atoms with E-state index >= 15 is 0 Å². The molecular formula is C16H18BNO3. The van der Waals surface area contributed by atoms with Gasteiger partial charge < -0.3 is 14.8 Å². The molecule has 0 bridgehead atoms. The van der Waals surface area contributed by atoms with Gasteiger partial charge in [-0.15, -0.1) is 0 Å². The van der Waals surface area contributed by atoms with E-state index in [1.54, 1.807) is 12.1 Å². The lowest BCUT2D eigenvalue weighted by Gasteiger charge is -2.19. The van der Waals surface area contributed by atoms with Gasteiger partial charge in [0.05, 0.1) is 0 Å². The summed E-state index contributed by atoms with van der Waals surface area (Å²) in [4.78, 5) is 2.33. The van der Waals surface area contributed by atoms with Crippen LogP contribution in [0.3, 0.4) is 0 Å². The minimum Gasteiger partial charge on any atom is -0.492 e. The molecule has 0 amide bonds. The molecule has 0 fully saturated rings. The maximum Gasteiger partial charge on any atom is 0.488 e. The van der Waals surface area contributed by atoms with Crippen molar-refractivity contribution in [2.24, 2.45) is 0 Å². The summed E-state index contributed by atoms with van der Waals surface area (Å²) in [6.07, 6.45) is 0. The third kappa shape index (κ3) is 3.45. The van der Waals surface area contributed by atoms with Gasteiger partial charge in [0.15, 0.2) is 0 Å². The molecule has 1 aliphatic heterocycles. The zero-order valence-corrected chi connectivity index (χ0v) is 11.8. The monoisotopic (exact) mass is 283 g/mol. The molecule has 0 saturated carbocycles. The van der Waals surface area contributed by atoms with E-state index in [0.717, 1.165) is 30.9 Å². The van der Waals surface area contributed by atoms with Crippen molar-refractivity contribution in [2.45, 2.75) is 13.1 Å². The van der Waals surface area contributed by atoms with Gasteiger partial charge in [-0.05, 0) is 17.1 Å². The number of para-hydroxylation sites is 1. The van der Waals surface area contributed by atoms with Crippen LogP contribution < -0.4 is 10.2 Å². The van der Waals surface area contributed by atoms with Crippen molar-refractivity contribution in [3.8, 4) is 5.75 Å². The van der Waals surface area contributed by atoms with Crippen LogP contribution in [0.5, 0.6) is 5.75 Å². The molecule has 0 radical (unpaired) electrons. The van der Waals surface area contributed by atoms with E-state index in [0.29, 0.717) is 12.1 Å². The summed E-state index contributed by atoms with van der Waals surface area (Å²) in [5, 5.41) is 18.2. The summed E-state index contributed by atoms with van der Waals surface area (Å²) < 4.78 is 5.76. The molecule has 0 saturated heterocycles. The summed E-state index contributed by atoms with van der Waals surface area (Å²) in [5.41, 5.74) is 2.87. The van der Waals surface area contributed by atoms with Crippen LogP contribution in [-0.2, 0) is 13.1 Å². The number of hydrogen-bond acceptors (Lipinski definition) is 4. The molecule has 0 atom stereocenters. The first kappa shape index (κ1) is 14.1. The Morgan fingerprint density at radius 3 is 2.57 bits per heavy atom. The van der Waals surface area contributed by atoms with Crippen molar-refractivity contribution in [2.75, 3.05) is 13.2 Å².